The molecule has 1 aliphatic rings. The van der Waals surface area contributed by atoms with E-state index in [9.17, 15) is 14.7 Å². The summed E-state index contributed by atoms with van der Waals surface area (Å²) < 4.78 is 0. The second-order valence-corrected chi connectivity index (χ2v) is 7.18. The predicted octanol–water partition coefficient (Wildman–Crippen LogP) is 3.86. The largest absolute Gasteiger partial charge is 0.481 e. The van der Waals surface area contributed by atoms with Gasteiger partial charge in [-0.15, -0.1) is 0 Å². The highest BCUT2D eigenvalue weighted by Crippen LogP contribution is 2.23. The Balaban J connectivity index is 1.83. The van der Waals surface area contributed by atoms with E-state index in [1.165, 1.54) is 5.56 Å². The number of carbonyl (C=O) groups is 2. The summed E-state index contributed by atoms with van der Waals surface area (Å²) in [6.07, 6.45) is 8.95. The van der Waals surface area contributed by atoms with Gasteiger partial charge in [-0.3, -0.25) is 9.59 Å². The van der Waals surface area contributed by atoms with Crippen molar-refractivity contribution in [1.82, 2.24) is 4.90 Å². The van der Waals surface area contributed by atoms with Gasteiger partial charge >= 0.3 is 5.97 Å². The fraction of sp³-hybridized carbons (Fsp3) is 0.545. The molecule has 2 N–H and O–H groups in total. The number of aliphatic hydroxyl groups excluding tert-OH is 1. The summed E-state index contributed by atoms with van der Waals surface area (Å²) in [6.45, 7) is 2.79. The van der Waals surface area contributed by atoms with Crippen molar-refractivity contribution in [2.75, 3.05) is 6.54 Å². The Bertz CT molecular complexity index is 655. The number of hydrogen-bond acceptors (Lipinski definition) is 3. The van der Waals surface area contributed by atoms with Crippen molar-refractivity contribution in [2.45, 2.75) is 70.4 Å². The van der Waals surface area contributed by atoms with Crippen LogP contribution in [-0.2, 0) is 16.0 Å². The SMILES string of the molecule is CCc1cccc(C(O)C=C[C@H]2CCC(=O)N2CCCCCCC(=O)O)c1. The van der Waals surface area contributed by atoms with Crippen LogP contribution in [0.4, 0.5) is 0 Å². The minimum absolute atomic E-state index is 0.0422. The molecule has 1 amide bonds. The topological polar surface area (TPSA) is 77.8 Å². The molecule has 27 heavy (non-hydrogen) atoms. The summed E-state index contributed by atoms with van der Waals surface area (Å²) in [5.41, 5.74) is 2.07. The molecule has 1 aromatic carbocycles. The zero-order valence-corrected chi connectivity index (χ0v) is 16.1. The molecule has 0 spiro atoms. The Labute approximate surface area is 161 Å². The van der Waals surface area contributed by atoms with Gasteiger partial charge in [-0.2, -0.15) is 0 Å². The molecule has 0 aromatic heterocycles. The van der Waals surface area contributed by atoms with Gasteiger partial charge in [0.1, 0.15) is 0 Å². The highest BCUT2D eigenvalue weighted by Gasteiger charge is 2.28. The molecule has 1 heterocycles. The molecule has 1 aromatic rings. The van der Waals surface area contributed by atoms with Gasteiger partial charge in [0.2, 0.25) is 5.91 Å². The van der Waals surface area contributed by atoms with Crippen LogP contribution in [0.2, 0.25) is 0 Å². The maximum atomic E-state index is 12.1. The second-order valence-electron chi connectivity index (χ2n) is 7.18. The molecule has 5 heteroatoms. The van der Waals surface area contributed by atoms with Gasteiger partial charge in [0.05, 0.1) is 12.1 Å². The first kappa shape index (κ1) is 21.2. The average Bonchev–Trinajstić information content (AvgIpc) is 3.02. The van der Waals surface area contributed by atoms with E-state index in [1.807, 2.05) is 35.2 Å². The quantitative estimate of drug-likeness (QED) is 0.456. The fourth-order valence-corrected chi connectivity index (χ4v) is 3.50. The first-order valence-corrected chi connectivity index (χ1v) is 9.97. The van der Waals surface area contributed by atoms with Crippen molar-refractivity contribution < 1.29 is 19.8 Å². The van der Waals surface area contributed by atoms with Gasteiger partial charge in [-0.05, 0) is 36.8 Å². The van der Waals surface area contributed by atoms with E-state index in [-0.39, 0.29) is 18.4 Å². The number of hydrogen-bond donors (Lipinski definition) is 2. The van der Waals surface area contributed by atoms with Gasteiger partial charge in [0.15, 0.2) is 0 Å². The first-order chi connectivity index (χ1) is 13.0. The van der Waals surface area contributed by atoms with Crippen LogP contribution in [0, 0.1) is 0 Å². The number of aliphatic hydroxyl groups is 1. The predicted molar refractivity (Wildman–Crippen MR) is 105 cm³/mol. The fourth-order valence-electron chi connectivity index (χ4n) is 3.50. The van der Waals surface area contributed by atoms with Crippen molar-refractivity contribution in [3.05, 3.63) is 47.5 Å². The lowest BCUT2D eigenvalue weighted by Crippen LogP contribution is -2.32. The van der Waals surface area contributed by atoms with Crippen LogP contribution in [0.1, 0.15) is 69.1 Å². The van der Waals surface area contributed by atoms with E-state index in [2.05, 4.69) is 6.92 Å². The minimum atomic E-state index is -0.752. The van der Waals surface area contributed by atoms with Gasteiger partial charge in [-0.25, -0.2) is 0 Å². The normalized spacial score (nSPS) is 18.4. The van der Waals surface area contributed by atoms with Crippen LogP contribution in [-0.4, -0.2) is 39.6 Å². The van der Waals surface area contributed by atoms with E-state index in [0.29, 0.717) is 19.4 Å². The van der Waals surface area contributed by atoms with Crippen molar-refractivity contribution in [1.29, 1.82) is 0 Å². The Hall–Kier alpha value is -2.14. The van der Waals surface area contributed by atoms with Crippen LogP contribution in [0.5, 0.6) is 0 Å². The molecule has 0 saturated carbocycles. The van der Waals surface area contributed by atoms with E-state index in [1.54, 1.807) is 6.08 Å². The summed E-state index contributed by atoms with van der Waals surface area (Å²) in [5, 5.41) is 19.1. The second kappa shape index (κ2) is 10.9. The molecule has 0 aliphatic carbocycles. The lowest BCUT2D eigenvalue weighted by molar-refractivity contribution is -0.137. The number of nitrogens with zero attached hydrogens (tertiary/aromatic N) is 1. The highest BCUT2D eigenvalue weighted by molar-refractivity contribution is 5.79. The maximum Gasteiger partial charge on any atom is 0.303 e. The van der Waals surface area contributed by atoms with Crippen LogP contribution < -0.4 is 0 Å². The summed E-state index contributed by atoms with van der Waals surface area (Å²) in [7, 11) is 0. The molecule has 5 nitrogen and oxygen atoms in total. The zero-order valence-electron chi connectivity index (χ0n) is 16.1. The number of likely N-dealkylation sites (tertiary alicyclic amines) is 1. The van der Waals surface area contributed by atoms with Crippen molar-refractivity contribution >= 4 is 11.9 Å². The standard InChI is InChI=1S/C22H31NO4/c1-2-17-8-7-9-18(16-17)20(24)13-11-19-12-14-21(25)23(19)15-6-4-3-5-10-22(26)27/h7-9,11,13,16,19-20,24H,2-6,10,12,14-15H2,1H3,(H,26,27)/t19-,20?/m0/s1. The highest BCUT2D eigenvalue weighted by atomic mass is 16.4. The van der Waals surface area contributed by atoms with Gasteiger partial charge < -0.3 is 15.1 Å². The number of aliphatic carboxylic acids is 1. The third-order valence-corrected chi connectivity index (χ3v) is 5.13. The maximum absolute atomic E-state index is 12.1. The summed E-state index contributed by atoms with van der Waals surface area (Å²) in [6, 6.07) is 7.99. The Morgan fingerprint density at radius 2 is 2.07 bits per heavy atom. The number of carboxylic acid groups (broad SMARTS) is 1. The molecule has 2 rings (SSSR count). The number of carboxylic acids is 1. The van der Waals surface area contributed by atoms with Crippen molar-refractivity contribution in [2.24, 2.45) is 0 Å². The van der Waals surface area contributed by atoms with Crippen molar-refractivity contribution in [3.8, 4) is 0 Å². The average molecular weight is 373 g/mol. The Kier molecular flexibility index (Phi) is 8.52. The van der Waals surface area contributed by atoms with E-state index in [0.717, 1.165) is 37.7 Å². The molecule has 1 aliphatic heterocycles. The number of unbranched alkanes of at least 4 members (excludes halogenated alkanes) is 3. The van der Waals surface area contributed by atoms with Gasteiger partial charge in [0, 0.05) is 19.4 Å². The first-order valence-electron chi connectivity index (χ1n) is 9.97. The van der Waals surface area contributed by atoms with E-state index < -0.39 is 12.1 Å². The molecule has 2 atom stereocenters. The molecule has 0 radical (unpaired) electrons. The van der Waals surface area contributed by atoms with Crippen LogP contribution >= 0.6 is 0 Å². The Morgan fingerprint density at radius 3 is 2.81 bits per heavy atom. The molecular formula is C22H31NO4. The van der Waals surface area contributed by atoms with Gasteiger partial charge in [-0.1, -0.05) is 56.2 Å². The molecule has 0 bridgehead atoms. The third-order valence-electron chi connectivity index (χ3n) is 5.13. The smallest absolute Gasteiger partial charge is 0.303 e. The number of benzene rings is 1. The number of amides is 1. The monoisotopic (exact) mass is 373 g/mol. The van der Waals surface area contributed by atoms with Gasteiger partial charge in [0.25, 0.3) is 0 Å². The lowest BCUT2D eigenvalue weighted by Gasteiger charge is -2.22. The van der Waals surface area contributed by atoms with E-state index >= 15 is 0 Å². The summed E-state index contributed by atoms with van der Waals surface area (Å²) >= 11 is 0. The van der Waals surface area contributed by atoms with E-state index in [4.69, 9.17) is 5.11 Å². The zero-order chi connectivity index (χ0) is 19.6. The summed E-state index contributed by atoms with van der Waals surface area (Å²) in [4.78, 5) is 24.5. The minimum Gasteiger partial charge on any atom is -0.481 e. The van der Waals surface area contributed by atoms with Crippen LogP contribution in [0.3, 0.4) is 0 Å². The summed E-state index contributed by atoms with van der Waals surface area (Å²) in [5.74, 6) is -0.587. The lowest BCUT2D eigenvalue weighted by atomic mass is 10.0. The number of rotatable bonds is 11. The molecule has 1 unspecified atom stereocenters. The molecule has 1 fully saturated rings. The Morgan fingerprint density at radius 1 is 1.30 bits per heavy atom. The van der Waals surface area contributed by atoms with Crippen LogP contribution in [0.25, 0.3) is 0 Å². The van der Waals surface area contributed by atoms with Crippen molar-refractivity contribution in [3.63, 3.8) is 0 Å². The number of aryl methyl sites for hydroxylation is 1. The molecule has 148 valence electrons. The van der Waals surface area contributed by atoms with Crippen LogP contribution in [0.15, 0.2) is 36.4 Å². The molecular weight excluding hydrogens is 342 g/mol. The molecule has 1 saturated heterocycles. The third kappa shape index (κ3) is 6.83. The number of carbonyl (C=O) groups excluding carboxylic acids is 1.